The van der Waals surface area contributed by atoms with E-state index in [1.807, 2.05) is 0 Å². The van der Waals surface area contributed by atoms with Crippen molar-refractivity contribution < 1.29 is 13.7 Å². The molecule has 0 saturated heterocycles. The van der Waals surface area contributed by atoms with Crippen molar-refractivity contribution in [2.45, 2.75) is 19.3 Å². The first-order valence-electron chi connectivity index (χ1n) is 8.26. The Hall–Kier alpha value is -2.54. The average molecular weight is 344 g/mol. The maximum Gasteiger partial charge on any atom is 0.227 e. The van der Waals surface area contributed by atoms with Gasteiger partial charge in [0, 0.05) is 33.0 Å². The summed E-state index contributed by atoms with van der Waals surface area (Å²) in [5, 5.41) is 4.00. The molecule has 0 atom stereocenters. The van der Waals surface area contributed by atoms with Crippen LogP contribution in [0.4, 0.5) is 10.1 Å². The van der Waals surface area contributed by atoms with Crippen LogP contribution in [0.2, 0.25) is 0 Å². The SMILES string of the molecule is CN1CC=C(c2noc(CCC(=O)N(C)c3ccccc3F)n2)CC1. The number of aryl methyl sites for hydroxylation is 1. The molecule has 0 unspecified atom stereocenters. The molecule has 132 valence electrons. The van der Waals surface area contributed by atoms with Crippen LogP contribution in [0.25, 0.3) is 5.57 Å². The minimum absolute atomic E-state index is 0.175. The van der Waals surface area contributed by atoms with Crippen LogP contribution in [-0.2, 0) is 11.2 Å². The van der Waals surface area contributed by atoms with Gasteiger partial charge in [-0.25, -0.2) is 4.39 Å². The van der Waals surface area contributed by atoms with Crippen molar-refractivity contribution in [2.24, 2.45) is 0 Å². The molecule has 0 saturated carbocycles. The Kier molecular flexibility index (Phi) is 5.23. The van der Waals surface area contributed by atoms with Crippen LogP contribution in [0.15, 0.2) is 34.9 Å². The first kappa shape index (κ1) is 17.3. The second-order valence-electron chi connectivity index (χ2n) is 6.16. The lowest BCUT2D eigenvalue weighted by Gasteiger charge is -2.19. The molecule has 0 N–H and O–H groups in total. The topological polar surface area (TPSA) is 62.5 Å². The van der Waals surface area contributed by atoms with E-state index in [9.17, 15) is 9.18 Å². The molecule has 1 aromatic heterocycles. The van der Waals surface area contributed by atoms with Crippen LogP contribution in [-0.4, -0.2) is 48.1 Å². The molecule has 3 rings (SSSR count). The van der Waals surface area contributed by atoms with E-state index in [-0.39, 0.29) is 18.0 Å². The largest absolute Gasteiger partial charge is 0.339 e. The van der Waals surface area contributed by atoms with Crippen LogP contribution < -0.4 is 4.90 Å². The smallest absolute Gasteiger partial charge is 0.227 e. The zero-order chi connectivity index (χ0) is 17.8. The highest BCUT2D eigenvalue weighted by molar-refractivity contribution is 5.92. The van der Waals surface area contributed by atoms with E-state index in [4.69, 9.17) is 4.52 Å². The number of hydrogen-bond donors (Lipinski definition) is 0. The van der Waals surface area contributed by atoms with E-state index in [1.165, 1.54) is 11.0 Å². The highest BCUT2D eigenvalue weighted by Gasteiger charge is 2.18. The quantitative estimate of drug-likeness (QED) is 0.834. The molecule has 25 heavy (non-hydrogen) atoms. The number of likely N-dealkylation sites (N-methyl/N-ethyl adjacent to an activating group) is 1. The Bertz CT molecular complexity index is 787. The zero-order valence-corrected chi connectivity index (χ0v) is 14.4. The summed E-state index contributed by atoms with van der Waals surface area (Å²) in [6.07, 6.45) is 3.48. The van der Waals surface area contributed by atoms with Gasteiger partial charge in [-0.1, -0.05) is 23.4 Å². The van der Waals surface area contributed by atoms with Crippen LogP contribution in [0.5, 0.6) is 0 Å². The highest BCUT2D eigenvalue weighted by Crippen LogP contribution is 2.20. The first-order valence-corrected chi connectivity index (χ1v) is 8.26. The third-order valence-electron chi connectivity index (χ3n) is 4.31. The summed E-state index contributed by atoms with van der Waals surface area (Å²) >= 11 is 0. The Morgan fingerprint density at radius 3 is 2.92 bits per heavy atom. The molecule has 1 amide bonds. The molecule has 1 aliphatic rings. The molecular formula is C18H21FN4O2. The number of hydrogen-bond acceptors (Lipinski definition) is 5. The predicted octanol–water partition coefficient (Wildman–Crippen LogP) is 2.52. The number of carbonyl (C=O) groups excluding carboxylic acids is 1. The molecule has 0 spiro atoms. The van der Waals surface area contributed by atoms with Gasteiger partial charge < -0.3 is 14.3 Å². The minimum atomic E-state index is -0.423. The van der Waals surface area contributed by atoms with Crippen molar-refractivity contribution in [2.75, 3.05) is 32.1 Å². The molecule has 0 radical (unpaired) electrons. The van der Waals surface area contributed by atoms with Crippen LogP contribution in [0, 0.1) is 5.82 Å². The normalized spacial score (nSPS) is 15.1. The van der Waals surface area contributed by atoms with E-state index in [0.717, 1.165) is 25.1 Å². The van der Waals surface area contributed by atoms with Crippen molar-refractivity contribution in [3.05, 3.63) is 47.9 Å². The molecular weight excluding hydrogens is 323 g/mol. The summed E-state index contributed by atoms with van der Waals surface area (Å²) in [4.78, 5) is 20.2. The number of aromatic nitrogens is 2. The highest BCUT2D eigenvalue weighted by atomic mass is 19.1. The molecule has 0 aliphatic carbocycles. The van der Waals surface area contributed by atoms with E-state index >= 15 is 0 Å². The van der Waals surface area contributed by atoms with Crippen molar-refractivity contribution in [3.8, 4) is 0 Å². The Morgan fingerprint density at radius 1 is 1.40 bits per heavy atom. The van der Waals surface area contributed by atoms with Crippen LogP contribution in [0.3, 0.4) is 0 Å². The average Bonchev–Trinajstić information content (AvgIpc) is 3.09. The predicted molar refractivity (Wildman–Crippen MR) is 92.5 cm³/mol. The van der Waals surface area contributed by atoms with Crippen LogP contribution in [0.1, 0.15) is 24.6 Å². The third kappa shape index (κ3) is 4.11. The second-order valence-corrected chi connectivity index (χ2v) is 6.16. The Morgan fingerprint density at radius 2 is 2.20 bits per heavy atom. The summed E-state index contributed by atoms with van der Waals surface area (Å²) < 4.78 is 19.0. The number of nitrogens with zero attached hydrogens (tertiary/aromatic N) is 4. The summed E-state index contributed by atoms with van der Waals surface area (Å²) in [5.41, 5.74) is 1.33. The lowest BCUT2D eigenvalue weighted by molar-refractivity contribution is -0.118. The molecule has 6 nitrogen and oxygen atoms in total. The fraction of sp³-hybridized carbons (Fsp3) is 0.389. The number of amides is 1. The van der Waals surface area contributed by atoms with Gasteiger partial charge in [0.25, 0.3) is 0 Å². The van der Waals surface area contributed by atoms with Gasteiger partial charge in [0.2, 0.25) is 11.8 Å². The third-order valence-corrected chi connectivity index (χ3v) is 4.31. The van der Waals surface area contributed by atoms with Crippen molar-refractivity contribution in [3.63, 3.8) is 0 Å². The number of benzene rings is 1. The summed E-state index contributed by atoms with van der Waals surface area (Å²) in [5.74, 6) is 0.388. The maximum atomic E-state index is 13.8. The maximum absolute atomic E-state index is 13.8. The summed E-state index contributed by atoms with van der Waals surface area (Å²) in [6.45, 7) is 1.83. The lowest BCUT2D eigenvalue weighted by atomic mass is 10.1. The number of rotatable bonds is 5. The number of carbonyl (C=O) groups is 1. The fourth-order valence-electron chi connectivity index (χ4n) is 2.70. The minimum Gasteiger partial charge on any atom is -0.339 e. The van der Waals surface area contributed by atoms with Crippen LogP contribution >= 0.6 is 0 Å². The lowest BCUT2D eigenvalue weighted by Crippen LogP contribution is -2.27. The molecule has 0 fully saturated rings. The fourth-order valence-corrected chi connectivity index (χ4v) is 2.70. The van der Waals surface area contributed by atoms with Crippen molar-refractivity contribution >= 4 is 17.2 Å². The molecule has 1 aliphatic heterocycles. The Balaban J connectivity index is 1.59. The summed E-state index contributed by atoms with van der Waals surface area (Å²) in [6, 6.07) is 6.19. The Labute approximate surface area is 145 Å². The van der Waals surface area contributed by atoms with Gasteiger partial charge in [0.1, 0.15) is 5.82 Å². The van der Waals surface area contributed by atoms with Crippen molar-refractivity contribution in [1.82, 2.24) is 15.0 Å². The molecule has 2 heterocycles. The van der Waals surface area contributed by atoms with E-state index in [2.05, 4.69) is 28.2 Å². The van der Waals surface area contributed by atoms with Gasteiger partial charge in [-0.15, -0.1) is 0 Å². The van der Waals surface area contributed by atoms with Crippen molar-refractivity contribution in [1.29, 1.82) is 0 Å². The standard InChI is InChI=1S/C18H21FN4O2/c1-22-11-9-13(10-12-22)18-20-16(25-21-18)7-8-17(24)23(2)15-6-4-3-5-14(15)19/h3-6,9H,7-8,10-12H2,1-2H3. The zero-order valence-electron chi connectivity index (χ0n) is 14.4. The first-order chi connectivity index (χ1) is 12.0. The van der Waals surface area contributed by atoms with Gasteiger partial charge in [-0.2, -0.15) is 4.98 Å². The van der Waals surface area contributed by atoms with E-state index in [1.54, 1.807) is 25.2 Å². The van der Waals surface area contributed by atoms with Gasteiger partial charge in [0.15, 0.2) is 5.82 Å². The molecule has 7 heteroatoms. The second kappa shape index (κ2) is 7.57. The molecule has 0 bridgehead atoms. The van der Waals surface area contributed by atoms with Gasteiger partial charge >= 0.3 is 0 Å². The molecule has 1 aromatic carbocycles. The summed E-state index contributed by atoms with van der Waals surface area (Å²) in [7, 11) is 3.62. The number of para-hydroxylation sites is 1. The number of halogens is 1. The van der Waals surface area contributed by atoms with Gasteiger partial charge in [0.05, 0.1) is 5.69 Å². The van der Waals surface area contributed by atoms with Gasteiger partial charge in [-0.05, 0) is 31.2 Å². The number of anilines is 1. The molecule has 2 aromatic rings. The monoisotopic (exact) mass is 344 g/mol. The van der Waals surface area contributed by atoms with Gasteiger partial charge in [-0.3, -0.25) is 4.79 Å². The van der Waals surface area contributed by atoms with E-state index < -0.39 is 5.82 Å². The van der Waals surface area contributed by atoms with E-state index in [0.29, 0.717) is 18.1 Å².